The van der Waals surface area contributed by atoms with E-state index in [-0.39, 0.29) is 5.97 Å². The Bertz CT molecular complexity index is 990. The Morgan fingerprint density at radius 3 is 1.96 bits per heavy atom. The van der Waals surface area contributed by atoms with Crippen LogP contribution in [0.15, 0.2) is 54.3 Å². The fraction of sp³-hybridized carbons (Fsp3) is 0.250. The number of benzene rings is 2. The smallest absolute Gasteiger partial charge is 0.333 e. The van der Waals surface area contributed by atoms with E-state index in [1.54, 1.807) is 6.92 Å². The molecule has 0 spiro atoms. The second-order valence-electron chi connectivity index (χ2n) is 6.34. The molecular weight excluding hydrogens is 606 g/mol. The SMILES string of the molecule is C=C(C)C(=O)OCCCCn1c2c(Br)cc(Br)cc2c2cc(Br)cc(Br)c21. The lowest BCUT2D eigenvalue weighted by Gasteiger charge is -2.10. The van der Waals surface area contributed by atoms with Crippen molar-refractivity contribution in [2.24, 2.45) is 0 Å². The van der Waals surface area contributed by atoms with Crippen molar-refractivity contribution in [3.8, 4) is 0 Å². The number of carbonyl (C=O) groups excluding carboxylic acids is 1. The zero-order valence-electron chi connectivity index (χ0n) is 14.6. The standard InChI is InChI=1S/C20H17Br4NO2/c1-11(2)20(26)27-6-4-3-5-25-18-14(7-12(21)9-16(18)23)15-8-13(22)10-17(24)19(15)25/h7-10H,1,3-6H2,2H3. The Labute approximate surface area is 191 Å². The van der Waals surface area contributed by atoms with Crippen molar-refractivity contribution in [1.82, 2.24) is 4.57 Å². The Hall–Kier alpha value is -0.630. The predicted octanol–water partition coefficient (Wildman–Crippen LogP) is 7.74. The molecule has 0 unspecified atom stereocenters. The van der Waals surface area contributed by atoms with E-state index in [9.17, 15) is 4.79 Å². The molecule has 0 radical (unpaired) electrons. The lowest BCUT2D eigenvalue weighted by atomic mass is 10.1. The first kappa shape index (κ1) is 21.1. The first-order valence-electron chi connectivity index (χ1n) is 8.38. The number of rotatable bonds is 6. The van der Waals surface area contributed by atoms with Crippen LogP contribution in [0.4, 0.5) is 0 Å². The molecule has 0 saturated heterocycles. The van der Waals surface area contributed by atoms with Gasteiger partial charge in [-0.3, -0.25) is 0 Å². The van der Waals surface area contributed by atoms with Crippen LogP contribution in [0.25, 0.3) is 21.8 Å². The first-order chi connectivity index (χ1) is 12.8. The summed E-state index contributed by atoms with van der Waals surface area (Å²) in [4.78, 5) is 11.5. The van der Waals surface area contributed by atoms with Crippen LogP contribution in [0.3, 0.4) is 0 Å². The molecule has 0 saturated carbocycles. The van der Waals surface area contributed by atoms with Crippen LogP contribution >= 0.6 is 63.7 Å². The van der Waals surface area contributed by atoms with Gasteiger partial charge in [0.1, 0.15) is 0 Å². The normalized spacial score (nSPS) is 11.3. The van der Waals surface area contributed by atoms with Gasteiger partial charge in [-0.1, -0.05) is 38.4 Å². The van der Waals surface area contributed by atoms with Gasteiger partial charge >= 0.3 is 5.97 Å². The molecular formula is C20H17Br4NO2. The molecule has 3 nitrogen and oxygen atoms in total. The maximum absolute atomic E-state index is 11.5. The van der Waals surface area contributed by atoms with Crippen LogP contribution in [0, 0.1) is 0 Å². The maximum Gasteiger partial charge on any atom is 0.333 e. The van der Waals surface area contributed by atoms with E-state index >= 15 is 0 Å². The minimum Gasteiger partial charge on any atom is -0.462 e. The molecule has 3 aromatic rings. The third-order valence-corrected chi connectivity index (χ3v) is 6.37. The Morgan fingerprint density at radius 2 is 1.48 bits per heavy atom. The molecule has 0 aliphatic carbocycles. The summed E-state index contributed by atoms with van der Waals surface area (Å²) in [7, 11) is 0. The maximum atomic E-state index is 11.5. The molecule has 0 aliphatic heterocycles. The third kappa shape index (κ3) is 4.52. The topological polar surface area (TPSA) is 31.2 Å². The minimum atomic E-state index is -0.327. The van der Waals surface area contributed by atoms with E-state index in [0.29, 0.717) is 12.2 Å². The van der Waals surface area contributed by atoms with Gasteiger partial charge in [-0.05, 0) is 75.9 Å². The fourth-order valence-electron chi connectivity index (χ4n) is 3.09. The third-order valence-electron chi connectivity index (χ3n) is 4.24. The van der Waals surface area contributed by atoms with Gasteiger partial charge in [0.25, 0.3) is 0 Å². The first-order valence-corrected chi connectivity index (χ1v) is 11.6. The number of carbonyl (C=O) groups is 1. The summed E-state index contributed by atoms with van der Waals surface area (Å²) in [5, 5.41) is 2.36. The highest BCUT2D eigenvalue weighted by molar-refractivity contribution is 9.11. The fourth-order valence-corrected chi connectivity index (χ4v) is 5.97. The Kier molecular flexibility index (Phi) is 6.88. The van der Waals surface area contributed by atoms with Crippen LogP contribution in [-0.2, 0) is 16.1 Å². The summed E-state index contributed by atoms with van der Waals surface area (Å²) in [6, 6.07) is 8.42. The highest BCUT2D eigenvalue weighted by atomic mass is 79.9. The minimum absolute atomic E-state index is 0.327. The van der Waals surface area contributed by atoms with E-state index in [4.69, 9.17) is 4.74 Å². The molecule has 0 bridgehead atoms. The molecule has 7 heteroatoms. The number of nitrogens with zero attached hydrogens (tertiary/aromatic N) is 1. The Morgan fingerprint density at radius 1 is 0.963 bits per heavy atom. The number of hydrogen-bond acceptors (Lipinski definition) is 2. The summed E-state index contributed by atoms with van der Waals surface area (Å²) >= 11 is 14.6. The summed E-state index contributed by atoms with van der Waals surface area (Å²) in [5.41, 5.74) is 2.75. The van der Waals surface area contributed by atoms with E-state index in [2.05, 4.69) is 99.1 Å². The summed E-state index contributed by atoms with van der Waals surface area (Å²) in [6.45, 7) is 6.49. The van der Waals surface area contributed by atoms with Gasteiger partial charge in [0.2, 0.25) is 0 Å². The number of hydrogen-bond donors (Lipinski definition) is 0. The van der Waals surface area contributed by atoms with Crippen molar-refractivity contribution >= 4 is 91.5 Å². The highest BCUT2D eigenvalue weighted by Crippen LogP contribution is 2.40. The van der Waals surface area contributed by atoms with Crippen molar-refractivity contribution in [2.45, 2.75) is 26.3 Å². The molecule has 27 heavy (non-hydrogen) atoms. The average Bonchev–Trinajstić information content (AvgIpc) is 2.88. The lowest BCUT2D eigenvalue weighted by Crippen LogP contribution is -2.07. The van der Waals surface area contributed by atoms with Crippen molar-refractivity contribution in [3.63, 3.8) is 0 Å². The van der Waals surface area contributed by atoms with Crippen molar-refractivity contribution < 1.29 is 9.53 Å². The number of esters is 1. The van der Waals surface area contributed by atoms with E-state index in [0.717, 1.165) is 48.3 Å². The second kappa shape index (κ2) is 8.80. The van der Waals surface area contributed by atoms with Crippen LogP contribution in [0.1, 0.15) is 19.8 Å². The average molecular weight is 623 g/mol. The molecule has 142 valence electrons. The number of halogens is 4. The molecule has 1 heterocycles. The van der Waals surface area contributed by atoms with Gasteiger partial charge in [-0.2, -0.15) is 0 Å². The largest absolute Gasteiger partial charge is 0.462 e. The van der Waals surface area contributed by atoms with Gasteiger partial charge in [0.05, 0.1) is 17.6 Å². The Balaban J connectivity index is 1.94. The zero-order chi connectivity index (χ0) is 19.7. The van der Waals surface area contributed by atoms with Gasteiger partial charge in [-0.15, -0.1) is 0 Å². The molecule has 0 N–H and O–H groups in total. The molecule has 0 aliphatic rings. The molecule has 0 amide bonds. The number of aromatic nitrogens is 1. The molecule has 2 aromatic carbocycles. The lowest BCUT2D eigenvalue weighted by molar-refractivity contribution is -0.139. The van der Waals surface area contributed by atoms with Crippen LogP contribution in [0.5, 0.6) is 0 Å². The zero-order valence-corrected chi connectivity index (χ0v) is 21.0. The van der Waals surface area contributed by atoms with E-state index in [1.165, 1.54) is 10.8 Å². The predicted molar refractivity (Wildman–Crippen MR) is 125 cm³/mol. The summed E-state index contributed by atoms with van der Waals surface area (Å²) in [5.74, 6) is -0.327. The van der Waals surface area contributed by atoms with Crippen molar-refractivity contribution in [3.05, 3.63) is 54.3 Å². The van der Waals surface area contributed by atoms with Crippen molar-refractivity contribution in [1.29, 1.82) is 0 Å². The second-order valence-corrected chi connectivity index (χ2v) is 9.88. The number of ether oxygens (including phenoxy) is 1. The van der Waals surface area contributed by atoms with E-state index < -0.39 is 0 Å². The monoisotopic (exact) mass is 619 g/mol. The summed E-state index contributed by atoms with van der Waals surface area (Å²) < 4.78 is 11.7. The quantitative estimate of drug-likeness (QED) is 0.160. The number of fused-ring (bicyclic) bond motifs is 3. The molecule has 0 atom stereocenters. The molecule has 3 rings (SSSR count). The summed E-state index contributed by atoms with van der Waals surface area (Å²) in [6.07, 6.45) is 1.69. The molecule has 0 fully saturated rings. The number of unbranched alkanes of at least 4 members (excludes halogenated alkanes) is 1. The van der Waals surface area contributed by atoms with E-state index in [1.807, 2.05) is 0 Å². The molecule has 1 aromatic heterocycles. The van der Waals surface area contributed by atoms with Crippen LogP contribution < -0.4 is 0 Å². The highest BCUT2D eigenvalue weighted by Gasteiger charge is 2.17. The van der Waals surface area contributed by atoms with Gasteiger partial charge in [0, 0.05) is 40.8 Å². The van der Waals surface area contributed by atoms with Crippen molar-refractivity contribution in [2.75, 3.05) is 6.61 Å². The van der Waals surface area contributed by atoms with Gasteiger partial charge in [0.15, 0.2) is 0 Å². The van der Waals surface area contributed by atoms with Crippen LogP contribution in [-0.4, -0.2) is 17.1 Å². The van der Waals surface area contributed by atoms with Gasteiger partial charge < -0.3 is 9.30 Å². The van der Waals surface area contributed by atoms with Gasteiger partial charge in [-0.25, -0.2) is 4.79 Å². The van der Waals surface area contributed by atoms with Crippen LogP contribution in [0.2, 0.25) is 0 Å². The number of aryl methyl sites for hydroxylation is 1.